The van der Waals surface area contributed by atoms with Crippen LogP contribution >= 0.6 is 0 Å². The predicted molar refractivity (Wildman–Crippen MR) is 82.2 cm³/mol. The van der Waals surface area contributed by atoms with Crippen molar-refractivity contribution in [2.24, 2.45) is 0 Å². The highest BCUT2D eigenvalue weighted by Crippen LogP contribution is 2.12. The Kier molecular flexibility index (Phi) is 6.67. The van der Waals surface area contributed by atoms with E-state index >= 15 is 0 Å². The van der Waals surface area contributed by atoms with Gasteiger partial charge < -0.3 is 0 Å². The minimum Gasteiger partial charge on any atom is -0.193 e. The Morgan fingerprint density at radius 3 is 2.40 bits per heavy atom. The smallest absolute Gasteiger partial charge is 0.0997 e. The molecule has 0 radical (unpaired) electrons. The first-order valence-electron chi connectivity index (χ1n) is 6.04. The van der Waals surface area contributed by atoms with E-state index in [-0.39, 0.29) is 0 Å². The third-order valence-electron chi connectivity index (χ3n) is 2.42. The molecular formula is C18H14N2. The molecule has 0 spiro atoms. The molecule has 20 heavy (non-hydrogen) atoms. The maximum Gasteiger partial charge on any atom is 0.0997 e. The van der Waals surface area contributed by atoms with Crippen molar-refractivity contribution in [3.05, 3.63) is 90.1 Å². The quantitative estimate of drug-likeness (QED) is 0.582. The molecular weight excluding hydrogens is 244 g/mol. The summed E-state index contributed by atoms with van der Waals surface area (Å²) in [5, 5.41) is 17.8. The number of allylic oxidation sites excluding steroid dienone is 8. The number of nitrogens with zero attached hydrogens (tertiary/aromatic N) is 2. The van der Waals surface area contributed by atoms with Crippen molar-refractivity contribution in [3.8, 4) is 12.1 Å². The molecule has 0 fully saturated rings. The Morgan fingerprint density at radius 2 is 1.80 bits per heavy atom. The maximum absolute atomic E-state index is 9.18. The van der Waals surface area contributed by atoms with Crippen LogP contribution in [0.2, 0.25) is 0 Å². The lowest BCUT2D eigenvalue weighted by Crippen LogP contribution is -1.81. The van der Waals surface area contributed by atoms with Gasteiger partial charge in [-0.25, -0.2) is 0 Å². The summed E-state index contributed by atoms with van der Waals surface area (Å²) >= 11 is 0. The van der Waals surface area contributed by atoms with Crippen LogP contribution in [-0.2, 0) is 0 Å². The van der Waals surface area contributed by atoms with E-state index in [0.29, 0.717) is 11.1 Å². The van der Waals surface area contributed by atoms with E-state index in [1.165, 1.54) is 6.08 Å². The molecule has 0 atom stereocenters. The first kappa shape index (κ1) is 15.0. The maximum atomic E-state index is 9.18. The summed E-state index contributed by atoms with van der Waals surface area (Å²) in [4.78, 5) is 0. The molecule has 1 aromatic carbocycles. The monoisotopic (exact) mass is 258 g/mol. The highest BCUT2D eigenvalue weighted by Gasteiger charge is 1.97. The van der Waals surface area contributed by atoms with Gasteiger partial charge in [0.15, 0.2) is 0 Å². The van der Waals surface area contributed by atoms with Gasteiger partial charge in [-0.15, -0.1) is 0 Å². The lowest BCUT2D eigenvalue weighted by Gasteiger charge is -1.97. The van der Waals surface area contributed by atoms with Crippen LogP contribution in [0.15, 0.2) is 84.5 Å². The number of nitriles is 2. The molecule has 1 aromatic rings. The van der Waals surface area contributed by atoms with Gasteiger partial charge in [0.25, 0.3) is 0 Å². The topological polar surface area (TPSA) is 47.6 Å². The van der Waals surface area contributed by atoms with E-state index in [1.807, 2.05) is 48.6 Å². The second-order valence-electron chi connectivity index (χ2n) is 3.78. The van der Waals surface area contributed by atoms with Crippen molar-refractivity contribution in [2.75, 3.05) is 0 Å². The molecule has 0 saturated carbocycles. The van der Waals surface area contributed by atoms with Crippen LogP contribution in [0.5, 0.6) is 0 Å². The zero-order valence-corrected chi connectivity index (χ0v) is 11.0. The van der Waals surface area contributed by atoms with Gasteiger partial charge in [0, 0.05) is 6.08 Å². The minimum atomic E-state index is 0.476. The van der Waals surface area contributed by atoms with E-state index in [0.717, 1.165) is 5.56 Å². The average molecular weight is 258 g/mol. The first-order valence-corrected chi connectivity index (χ1v) is 6.04. The number of hydrogen-bond donors (Lipinski definition) is 0. The van der Waals surface area contributed by atoms with Crippen LogP contribution in [-0.4, -0.2) is 0 Å². The first-order chi connectivity index (χ1) is 9.81. The zero-order chi connectivity index (χ0) is 14.6. The molecule has 0 unspecified atom stereocenters. The van der Waals surface area contributed by atoms with Gasteiger partial charge >= 0.3 is 0 Å². The lowest BCUT2D eigenvalue weighted by molar-refractivity contribution is 1.47. The summed E-state index contributed by atoms with van der Waals surface area (Å²) in [5.41, 5.74) is 2.18. The normalized spacial score (nSPS) is 12.3. The molecule has 0 saturated heterocycles. The molecule has 1 rings (SSSR count). The largest absolute Gasteiger partial charge is 0.193 e. The van der Waals surface area contributed by atoms with Crippen LogP contribution in [0.4, 0.5) is 0 Å². The second kappa shape index (κ2) is 8.91. The Bertz CT molecular complexity index is 645. The highest BCUT2D eigenvalue weighted by molar-refractivity contribution is 5.59. The minimum absolute atomic E-state index is 0.476. The molecule has 0 aliphatic carbocycles. The fraction of sp³-hybridized carbons (Fsp3) is 0. The Morgan fingerprint density at radius 1 is 1.05 bits per heavy atom. The molecule has 2 heteroatoms. The summed E-state index contributed by atoms with van der Waals surface area (Å²) in [6.45, 7) is 3.57. The van der Waals surface area contributed by atoms with Gasteiger partial charge in [-0.3, -0.25) is 0 Å². The molecule has 0 bridgehead atoms. The van der Waals surface area contributed by atoms with E-state index in [1.54, 1.807) is 24.3 Å². The molecule has 2 nitrogen and oxygen atoms in total. The van der Waals surface area contributed by atoms with Gasteiger partial charge in [0.1, 0.15) is 0 Å². The summed E-state index contributed by atoms with van der Waals surface area (Å²) in [6.07, 6.45) is 11.6. The van der Waals surface area contributed by atoms with Gasteiger partial charge in [-0.05, 0) is 23.3 Å². The fourth-order valence-corrected chi connectivity index (χ4v) is 1.47. The number of rotatable bonds is 5. The lowest BCUT2D eigenvalue weighted by atomic mass is 10.1. The van der Waals surface area contributed by atoms with Crippen LogP contribution < -0.4 is 0 Å². The van der Waals surface area contributed by atoms with Gasteiger partial charge in [0.2, 0.25) is 0 Å². The SMILES string of the molecule is C=CC=CC(C#N)=C(C=CC#N)C=Cc1ccccc1. The molecule has 0 N–H and O–H groups in total. The standard InChI is InChI=1S/C18H14N2/c1-2-3-10-18(15-20)17(11-7-14-19)13-12-16-8-5-4-6-9-16/h2-13H,1H2. The number of benzene rings is 1. The van der Waals surface area contributed by atoms with Crippen LogP contribution in [0, 0.1) is 22.7 Å². The Balaban J connectivity index is 3.16. The van der Waals surface area contributed by atoms with Crippen LogP contribution in [0.25, 0.3) is 6.08 Å². The van der Waals surface area contributed by atoms with E-state index in [9.17, 15) is 5.26 Å². The van der Waals surface area contributed by atoms with Crippen molar-refractivity contribution in [1.82, 2.24) is 0 Å². The van der Waals surface area contributed by atoms with Gasteiger partial charge in [-0.2, -0.15) is 10.5 Å². The average Bonchev–Trinajstić information content (AvgIpc) is 2.50. The summed E-state index contributed by atoms with van der Waals surface area (Å²) in [7, 11) is 0. The third-order valence-corrected chi connectivity index (χ3v) is 2.42. The van der Waals surface area contributed by atoms with Crippen LogP contribution in [0.3, 0.4) is 0 Å². The molecule has 0 heterocycles. The molecule has 0 aromatic heterocycles. The Labute approximate surface area is 119 Å². The molecule has 96 valence electrons. The van der Waals surface area contributed by atoms with E-state index in [4.69, 9.17) is 5.26 Å². The van der Waals surface area contributed by atoms with Crippen molar-refractivity contribution >= 4 is 6.08 Å². The van der Waals surface area contributed by atoms with Crippen molar-refractivity contribution < 1.29 is 0 Å². The zero-order valence-electron chi connectivity index (χ0n) is 11.0. The number of hydrogen-bond acceptors (Lipinski definition) is 2. The molecule has 0 amide bonds. The fourth-order valence-electron chi connectivity index (χ4n) is 1.47. The van der Waals surface area contributed by atoms with Crippen molar-refractivity contribution in [2.45, 2.75) is 0 Å². The van der Waals surface area contributed by atoms with Crippen molar-refractivity contribution in [1.29, 1.82) is 10.5 Å². The van der Waals surface area contributed by atoms with Crippen molar-refractivity contribution in [3.63, 3.8) is 0 Å². The Hall–Kier alpha value is -3.10. The van der Waals surface area contributed by atoms with Gasteiger partial charge in [-0.1, -0.05) is 61.2 Å². The predicted octanol–water partition coefficient (Wildman–Crippen LogP) is 4.34. The summed E-state index contributed by atoms with van der Waals surface area (Å²) in [6, 6.07) is 13.8. The van der Waals surface area contributed by atoms with Crippen LogP contribution in [0.1, 0.15) is 5.56 Å². The third kappa shape index (κ3) is 5.04. The summed E-state index contributed by atoms with van der Waals surface area (Å²) < 4.78 is 0. The second-order valence-corrected chi connectivity index (χ2v) is 3.78. The highest BCUT2D eigenvalue weighted by atomic mass is 14.2. The summed E-state index contributed by atoms with van der Waals surface area (Å²) in [5.74, 6) is 0. The van der Waals surface area contributed by atoms with Gasteiger partial charge in [0.05, 0.1) is 17.7 Å². The molecule has 0 aliphatic heterocycles. The molecule has 0 aliphatic rings. The van der Waals surface area contributed by atoms with E-state index < -0.39 is 0 Å². The van der Waals surface area contributed by atoms with E-state index in [2.05, 4.69) is 12.6 Å².